The Morgan fingerprint density at radius 3 is 2.65 bits per heavy atom. The molecule has 1 unspecified atom stereocenters. The zero-order valence-corrected chi connectivity index (χ0v) is 18.6. The Hall–Kier alpha value is -2.74. The van der Waals surface area contributed by atoms with Crippen molar-refractivity contribution in [2.45, 2.75) is 19.4 Å². The smallest absolute Gasteiger partial charge is 0.263 e. The highest BCUT2D eigenvalue weighted by Crippen LogP contribution is 2.31. The molecule has 4 rings (SSSR count). The highest BCUT2D eigenvalue weighted by Gasteiger charge is 2.23. The van der Waals surface area contributed by atoms with Crippen molar-refractivity contribution in [3.63, 3.8) is 0 Å². The molecular formula is C22H16Cl2FN3O2S. The molecule has 1 N–H and O–H groups in total. The SMILES string of the molecule is CCC(C(=O)Nc1ccc(Cl)cc1Cl)n1cnc2scc(-c3ccc(F)cc3)c2c1=O. The molecule has 0 bridgehead atoms. The number of nitrogens with zero attached hydrogens (tertiary/aromatic N) is 2. The molecule has 158 valence electrons. The van der Waals surface area contributed by atoms with Gasteiger partial charge < -0.3 is 5.32 Å². The lowest BCUT2D eigenvalue weighted by Crippen LogP contribution is -2.33. The monoisotopic (exact) mass is 475 g/mol. The minimum Gasteiger partial charge on any atom is -0.323 e. The van der Waals surface area contributed by atoms with Gasteiger partial charge in [-0.2, -0.15) is 0 Å². The van der Waals surface area contributed by atoms with Crippen LogP contribution in [-0.4, -0.2) is 15.5 Å². The Labute approximate surface area is 191 Å². The molecule has 9 heteroatoms. The molecule has 0 fully saturated rings. The lowest BCUT2D eigenvalue weighted by Gasteiger charge is -2.18. The van der Waals surface area contributed by atoms with E-state index in [-0.39, 0.29) is 11.4 Å². The first kappa shape index (κ1) is 21.5. The highest BCUT2D eigenvalue weighted by molar-refractivity contribution is 7.17. The third-order valence-corrected chi connectivity index (χ3v) is 6.32. The van der Waals surface area contributed by atoms with E-state index >= 15 is 0 Å². The Morgan fingerprint density at radius 1 is 1.23 bits per heavy atom. The van der Waals surface area contributed by atoms with Crippen LogP contribution in [0.15, 0.2) is 59.0 Å². The van der Waals surface area contributed by atoms with Crippen molar-refractivity contribution in [3.8, 4) is 11.1 Å². The average molecular weight is 476 g/mol. The van der Waals surface area contributed by atoms with E-state index in [1.807, 2.05) is 5.38 Å². The van der Waals surface area contributed by atoms with E-state index in [1.54, 1.807) is 31.2 Å². The van der Waals surface area contributed by atoms with Gasteiger partial charge in [0, 0.05) is 16.0 Å². The van der Waals surface area contributed by atoms with Crippen LogP contribution in [0.3, 0.4) is 0 Å². The molecule has 0 spiro atoms. The van der Waals surface area contributed by atoms with Gasteiger partial charge in [0.05, 0.1) is 22.4 Å². The molecule has 1 amide bonds. The molecular weight excluding hydrogens is 460 g/mol. The van der Waals surface area contributed by atoms with E-state index in [2.05, 4.69) is 10.3 Å². The van der Waals surface area contributed by atoms with E-state index in [4.69, 9.17) is 23.2 Å². The fourth-order valence-electron chi connectivity index (χ4n) is 3.32. The lowest BCUT2D eigenvalue weighted by atomic mass is 10.1. The summed E-state index contributed by atoms with van der Waals surface area (Å²) in [6, 6.07) is 9.85. The first-order valence-corrected chi connectivity index (χ1v) is 11.0. The number of hydrogen-bond donors (Lipinski definition) is 1. The fourth-order valence-corrected chi connectivity index (χ4v) is 4.69. The Kier molecular flexibility index (Phi) is 6.09. The lowest BCUT2D eigenvalue weighted by molar-refractivity contribution is -0.119. The number of rotatable bonds is 5. The molecule has 0 saturated heterocycles. The maximum absolute atomic E-state index is 13.4. The second kappa shape index (κ2) is 8.78. The summed E-state index contributed by atoms with van der Waals surface area (Å²) < 4.78 is 14.6. The third kappa shape index (κ3) is 4.21. The van der Waals surface area contributed by atoms with Crippen molar-refractivity contribution in [3.05, 3.63) is 80.4 Å². The number of aromatic nitrogens is 2. The van der Waals surface area contributed by atoms with Crippen molar-refractivity contribution >= 4 is 56.3 Å². The van der Waals surface area contributed by atoms with Gasteiger partial charge in [-0.15, -0.1) is 11.3 Å². The fraction of sp³-hybridized carbons (Fsp3) is 0.136. The number of carbonyl (C=O) groups is 1. The van der Waals surface area contributed by atoms with Gasteiger partial charge >= 0.3 is 0 Å². The van der Waals surface area contributed by atoms with Gasteiger partial charge in [-0.05, 0) is 42.3 Å². The van der Waals surface area contributed by atoms with E-state index in [1.165, 1.54) is 40.4 Å². The van der Waals surface area contributed by atoms with Crippen LogP contribution in [0.1, 0.15) is 19.4 Å². The van der Waals surface area contributed by atoms with Crippen LogP contribution in [0, 0.1) is 5.82 Å². The molecule has 1 atom stereocenters. The second-order valence-electron chi connectivity index (χ2n) is 6.83. The van der Waals surface area contributed by atoms with Crippen molar-refractivity contribution in [2.24, 2.45) is 0 Å². The van der Waals surface area contributed by atoms with Crippen LogP contribution in [0.4, 0.5) is 10.1 Å². The zero-order chi connectivity index (χ0) is 22.1. The minimum atomic E-state index is -0.794. The molecule has 0 aliphatic rings. The van der Waals surface area contributed by atoms with Gasteiger partial charge in [0.1, 0.15) is 16.7 Å². The minimum absolute atomic E-state index is 0.299. The topological polar surface area (TPSA) is 64.0 Å². The Balaban J connectivity index is 1.74. The summed E-state index contributed by atoms with van der Waals surface area (Å²) in [5, 5.41) is 5.71. The molecule has 31 heavy (non-hydrogen) atoms. The number of thiophene rings is 1. The number of nitrogens with one attached hydrogen (secondary N) is 1. The zero-order valence-electron chi connectivity index (χ0n) is 16.2. The molecule has 5 nitrogen and oxygen atoms in total. The van der Waals surface area contributed by atoms with Crippen LogP contribution >= 0.6 is 34.5 Å². The summed E-state index contributed by atoms with van der Waals surface area (Å²) in [4.78, 5) is 31.3. The van der Waals surface area contributed by atoms with E-state index in [9.17, 15) is 14.0 Å². The normalized spacial score (nSPS) is 12.1. The first-order valence-electron chi connectivity index (χ1n) is 9.39. The molecule has 4 aromatic rings. The number of benzene rings is 2. The molecule has 2 aromatic carbocycles. The van der Waals surface area contributed by atoms with E-state index in [0.717, 1.165) is 0 Å². The van der Waals surface area contributed by atoms with Crippen molar-refractivity contribution in [1.82, 2.24) is 9.55 Å². The second-order valence-corrected chi connectivity index (χ2v) is 8.53. The largest absolute Gasteiger partial charge is 0.323 e. The number of fused-ring (bicyclic) bond motifs is 1. The number of carbonyl (C=O) groups excluding carboxylic acids is 1. The summed E-state index contributed by atoms with van der Waals surface area (Å²) in [6.45, 7) is 1.80. The number of hydrogen-bond acceptors (Lipinski definition) is 4. The molecule has 0 radical (unpaired) electrons. The van der Waals surface area contributed by atoms with Gasteiger partial charge in [0.25, 0.3) is 5.56 Å². The Morgan fingerprint density at radius 2 is 1.97 bits per heavy atom. The van der Waals surface area contributed by atoms with Crippen molar-refractivity contribution < 1.29 is 9.18 Å². The third-order valence-electron chi connectivity index (χ3n) is 4.89. The maximum atomic E-state index is 13.4. The average Bonchev–Trinajstić information content (AvgIpc) is 3.18. The van der Waals surface area contributed by atoms with Crippen molar-refractivity contribution in [2.75, 3.05) is 5.32 Å². The van der Waals surface area contributed by atoms with Crippen LogP contribution in [0.25, 0.3) is 21.3 Å². The number of anilines is 1. The molecule has 2 aromatic heterocycles. The first-order chi connectivity index (χ1) is 14.9. The molecule has 0 saturated carbocycles. The number of amides is 1. The van der Waals surface area contributed by atoms with E-state index < -0.39 is 11.9 Å². The van der Waals surface area contributed by atoms with E-state index in [0.29, 0.717) is 43.5 Å². The number of halogens is 3. The highest BCUT2D eigenvalue weighted by atomic mass is 35.5. The predicted molar refractivity (Wildman–Crippen MR) is 124 cm³/mol. The van der Waals surface area contributed by atoms with Crippen molar-refractivity contribution in [1.29, 1.82) is 0 Å². The maximum Gasteiger partial charge on any atom is 0.263 e. The van der Waals surface area contributed by atoms with Crippen LogP contribution in [-0.2, 0) is 4.79 Å². The van der Waals surface area contributed by atoms with Gasteiger partial charge in [-0.1, -0.05) is 42.3 Å². The summed E-state index contributed by atoms with van der Waals surface area (Å²) in [5.41, 5.74) is 1.42. The van der Waals surface area contributed by atoms with Crippen LogP contribution < -0.4 is 10.9 Å². The molecule has 2 heterocycles. The van der Waals surface area contributed by atoms with Gasteiger partial charge in [0.2, 0.25) is 5.91 Å². The quantitative estimate of drug-likeness (QED) is 0.375. The van der Waals surface area contributed by atoms with Crippen LogP contribution in [0.2, 0.25) is 10.0 Å². The summed E-state index contributed by atoms with van der Waals surface area (Å²) in [6.07, 6.45) is 1.74. The van der Waals surface area contributed by atoms with Gasteiger partial charge in [-0.25, -0.2) is 9.37 Å². The summed E-state index contributed by atoms with van der Waals surface area (Å²) in [5.74, 6) is -0.754. The van der Waals surface area contributed by atoms with Crippen LogP contribution in [0.5, 0.6) is 0 Å². The standard InChI is InChI=1S/C22H16Cl2FN3O2S/c1-2-18(20(29)27-17-8-5-13(23)9-16(17)24)28-11-26-21-19(22(28)30)15(10-31-21)12-3-6-14(25)7-4-12/h3-11,18H,2H2,1H3,(H,27,29). The van der Waals surface area contributed by atoms with Gasteiger partial charge in [-0.3, -0.25) is 14.2 Å². The molecule has 0 aliphatic heterocycles. The molecule has 0 aliphatic carbocycles. The van der Waals surface area contributed by atoms with Gasteiger partial charge in [0.15, 0.2) is 0 Å². The summed E-state index contributed by atoms with van der Waals surface area (Å²) >= 11 is 13.4. The summed E-state index contributed by atoms with van der Waals surface area (Å²) in [7, 11) is 0. The predicted octanol–water partition coefficient (Wildman–Crippen LogP) is 6.16. The Bertz CT molecular complexity index is 1340.